The van der Waals surface area contributed by atoms with Crippen molar-refractivity contribution in [2.45, 2.75) is 13.5 Å². The lowest BCUT2D eigenvalue weighted by Crippen LogP contribution is -2.01. The van der Waals surface area contributed by atoms with E-state index in [-0.39, 0.29) is 12.2 Å². The van der Waals surface area contributed by atoms with Gasteiger partial charge >= 0.3 is 11.9 Å². The lowest BCUT2D eigenvalue weighted by molar-refractivity contribution is 0.0599. The minimum atomic E-state index is -0.983. The smallest absolute Gasteiger partial charge is 0.337 e. The summed E-state index contributed by atoms with van der Waals surface area (Å²) < 4.78 is 16.0. The van der Waals surface area contributed by atoms with Crippen molar-refractivity contribution in [3.63, 3.8) is 0 Å². The van der Waals surface area contributed by atoms with Gasteiger partial charge in [0, 0.05) is 6.21 Å². The summed E-state index contributed by atoms with van der Waals surface area (Å²) >= 11 is 0. The standard InChI is InChI=1S/C25H23NO6/c1-16-11-20(25(29)31-3)8-9-21(16)26-14-17-7-10-22(23(13-17)30-2)32-15-18-5-4-6-19(12-18)24(27)28/h4-14H,15H2,1-3H3,(H,27,28). The quantitative estimate of drug-likeness (QED) is 0.404. The van der Waals surface area contributed by atoms with E-state index in [1.807, 2.05) is 13.0 Å². The average molecular weight is 433 g/mol. The first-order chi connectivity index (χ1) is 15.4. The number of aromatic carboxylic acids is 1. The van der Waals surface area contributed by atoms with Gasteiger partial charge in [0.1, 0.15) is 6.61 Å². The number of hydrogen-bond acceptors (Lipinski definition) is 6. The highest BCUT2D eigenvalue weighted by Crippen LogP contribution is 2.29. The number of hydrogen-bond donors (Lipinski definition) is 1. The third kappa shape index (κ3) is 5.51. The van der Waals surface area contributed by atoms with Gasteiger partial charge in [-0.05, 0) is 72.1 Å². The van der Waals surface area contributed by atoms with Crippen molar-refractivity contribution < 1.29 is 28.9 Å². The fraction of sp³-hybridized carbons (Fsp3) is 0.160. The van der Waals surface area contributed by atoms with Crippen LogP contribution in [-0.2, 0) is 11.3 Å². The Morgan fingerprint density at radius 3 is 2.47 bits per heavy atom. The second-order valence-electron chi connectivity index (χ2n) is 6.96. The number of carboxylic acids is 1. The maximum absolute atomic E-state index is 11.6. The normalized spacial score (nSPS) is 10.7. The largest absolute Gasteiger partial charge is 0.493 e. The molecule has 3 aromatic rings. The van der Waals surface area contributed by atoms with Crippen LogP contribution in [0.5, 0.6) is 11.5 Å². The SMILES string of the molecule is COC(=O)c1ccc(N=Cc2ccc(OCc3cccc(C(=O)O)c3)c(OC)c2)c(C)c1. The molecular weight excluding hydrogens is 410 g/mol. The van der Waals surface area contributed by atoms with E-state index in [2.05, 4.69) is 4.99 Å². The number of benzene rings is 3. The van der Waals surface area contributed by atoms with Crippen molar-refractivity contribution in [2.75, 3.05) is 14.2 Å². The maximum atomic E-state index is 11.6. The highest BCUT2D eigenvalue weighted by molar-refractivity contribution is 5.90. The fourth-order valence-electron chi connectivity index (χ4n) is 3.03. The van der Waals surface area contributed by atoms with Gasteiger partial charge in [-0.1, -0.05) is 12.1 Å². The molecule has 1 N–H and O–H groups in total. The number of rotatable bonds is 8. The molecule has 0 unspecified atom stereocenters. The average Bonchev–Trinajstić information content (AvgIpc) is 2.81. The van der Waals surface area contributed by atoms with Crippen molar-refractivity contribution in [1.82, 2.24) is 0 Å². The molecule has 7 heteroatoms. The molecule has 0 radical (unpaired) electrons. The molecule has 0 saturated carbocycles. The number of aliphatic imine (C=N–C) groups is 1. The lowest BCUT2D eigenvalue weighted by atomic mass is 10.1. The predicted octanol–water partition coefficient (Wildman–Crippen LogP) is 4.82. The molecule has 3 rings (SSSR count). The van der Waals surface area contributed by atoms with E-state index < -0.39 is 11.9 Å². The first-order valence-electron chi connectivity index (χ1n) is 9.77. The van der Waals surface area contributed by atoms with Crippen LogP contribution in [0.1, 0.15) is 37.4 Å². The number of carboxylic acid groups (broad SMARTS) is 1. The number of carbonyl (C=O) groups is 2. The Morgan fingerprint density at radius 1 is 0.969 bits per heavy atom. The third-order valence-electron chi connectivity index (χ3n) is 4.73. The first-order valence-corrected chi connectivity index (χ1v) is 9.77. The molecule has 0 spiro atoms. The zero-order valence-corrected chi connectivity index (χ0v) is 18.0. The molecular formula is C25H23NO6. The minimum absolute atomic E-state index is 0.205. The predicted molar refractivity (Wildman–Crippen MR) is 120 cm³/mol. The molecule has 0 fully saturated rings. The van der Waals surface area contributed by atoms with Crippen molar-refractivity contribution in [1.29, 1.82) is 0 Å². The molecule has 0 aliphatic heterocycles. The Balaban J connectivity index is 1.73. The molecule has 0 bridgehead atoms. The van der Waals surface area contributed by atoms with E-state index in [0.717, 1.165) is 22.4 Å². The van der Waals surface area contributed by atoms with Gasteiger partial charge in [0.25, 0.3) is 0 Å². The van der Waals surface area contributed by atoms with Crippen LogP contribution in [-0.4, -0.2) is 37.5 Å². The topological polar surface area (TPSA) is 94.4 Å². The molecule has 0 amide bonds. The Labute approximate surface area is 185 Å². The highest BCUT2D eigenvalue weighted by atomic mass is 16.5. The van der Waals surface area contributed by atoms with Crippen LogP contribution >= 0.6 is 0 Å². The Morgan fingerprint density at radius 2 is 1.78 bits per heavy atom. The number of methoxy groups -OCH3 is 2. The van der Waals surface area contributed by atoms with E-state index in [1.54, 1.807) is 61.9 Å². The van der Waals surface area contributed by atoms with Crippen LogP contribution in [0.2, 0.25) is 0 Å². The van der Waals surface area contributed by atoms with E-state index in [1.165, 1.54) is 13.2 Å². The van der Waals surface area contributed by atoms with Crippen LogP contribution in [0.3, 0.4) is 0 Å². The molecule has 164 valence electrons. The number of esters is 1. The lowest BCUT2D eigenvalue weighted by Gasteiger charge is -2.12. The molecule has 32 heavy (non-hydrogen) atoms. The van der Waals surface area contributed by atoms with Crippen LogP contribution in [0.15, 0.2) is 65.7 Å². The second kappa shape index (κ2) is 10.3. The van der Waals surface area contributed by atoms with Crippen molar-refractivity contribution in [3.05, 3.63) is 88.5 Å². The zero-order valence-electron chi connectivity index (χ0n) is 18.0. The minimum Gasteiger partial charge on any atom is -0.493 e. The van der Waals surface area contributed by atoms with Gasteiger partial charge in [-0.2, -0.15) is 0 Å². The van der Waals surface area contributed by atoms with Crippen LogP contribution in [0, 0.1) is 6.92 Å². The number of ether oxygens (including phenoxy) is 3. The molecule has 0 aromatic heterocycles. The summed E-state index contributed by atoms with van der Waals surface area (Å²) in [7, 11) is 2.89. The van der Waals surface area contributed by atoms with Gasteiger partial charge in [-0.25, -0.2) is 9.59 Å². The summed E-state index contributed by atoms with van der Waals surface area (Å²) in [4.78, 5) is 27.3. The summed E-state index contributed by atoms with van der Waals surface area (Å²) in [6.07, 6.45) is 1.70. The molecule has 0 aliphatic carbocycles. The van der Waals surface area contributed by atoms with E-state index >= 15 is 0 Å². The number of aryl methyl sites for hydroxylation is 1. The van der Waals surface area contributed by atoms with Crippen molar-refractivity contribution >= 4 is 23.8 Å². The highest BCUT2D eigenvalue weighted by Gasteiger charge is 2.09. The molecule has 7 nitrogen and oxygen atoms in total. The van der Waals surface area contributed by atoms with Crippen LogP contribution in [0.4, 0.5) is 5.69 Å². The molecule has 3 aromatic carbocycles. The number of carbonyl (C=O) groups excluding carboxylic acids is 1. The first kappa shape index (κ1) is 22.6. The Kier molecular flexibility index (Phi) is 7.23. The third-order valence-corrected chi connectivity index (χ3v) is 4.73. The van der Waals surface area contributed by atoms with Crippen LogP contribution < -0.4 is 9.47 Å². The fourth-order valence-corrected chi connectivity index (χ4v) is 3.03. The zero-order chi connectivity index (χ0) is 23.1. The Hall–Kier alpha value is -4.13. The monoisotopic (exact) mass is 433 g/mol. The van der Waals surface area contributed by atoms with Crippen molar-refractivity contribution in [3.8, 4) is 11.5 Å². The molecule has 0 heterocycles. The van der Waals surface area contributed by atoms with Crippen LogP contribution in [0.25, 0.3) is 0 Å². The van der Waals surface area contributed by atoms with Gasteiger partial charge < -0.3 is 19.3 Å². The summed E-state index contributed by atoms with van der Waals surface area (Å²) in [5.74, 6) is -0.313. The van der Waals surface area contributed by atoms with E-state index in [4.69, 9.17) is 19.3 Å². The molecule has 0 saturated heterocycles. The van der Waals surface area contributed by atoms with Gasteiger partial charge in [-0.3, -0.25) is 4.99 Å². The van der Waals surface area contributed by atoms with Crippen molar-refractivity contribution in [2.24, 2.45) is 4.99 Å². The van der Waals surface area contributed by atoms with Gasteiger partial charge in [0.05, 0.1) is 31.0 Å². The second-order valence-corrected chi connectivity index (χ2v) is 6.96. The van der Waals surface area contributed by atoms with Gasteiger partial charge in [0.15, 0.2) is 11.5 Å². The molecule has 0 atom stereocenters. The summed E-state index contributed by atoms with van der Waals surface area (Å²) in [5.41, 5.74) is 3.80. The van der Waals surface area contributed by atoms with Gasteiger partial charge in [0.2, 0.25) is 0 Å². The van der Waals surface area contributed by atoms with E-state index in [9.17, 15) is 9.59 Å². The number of nitrogens with zero attached hydrogens (tertiary/aromatic N) is 1. The molecule has 0 aliphatic rings. The summed E-state index contributed by atoms with van der Waals surface area (Å²) in [6, 6.07) is 17.2. The summed E-state index contributed by atoms with van der Waals surface area (Å²) in [5, 5.41) is 9.11. The summed E-state index contributed by atoms with van der Waals surface area (Å²) in [6.45, 7) is 2.08. The maximum Gasteiger partial charge on any atom is 0.337 e. The van der Waals surface area contributed by atoms with E-state index in [0.29, 0.717) is 17.1 Å². The Bertz CT molecular complexity index is 1170. The van der Waals surface area contributed by atoms with Gasteiger partial charge in [-0.15, -0.1) is 0 Å².